The van der Waals surface area contributed by atoms with Crippen molar-refractivity contribution in [3.05, 3.63) is 69.1 Å². The fourth-order valence-electron chi connectivity index (χ4n) is 5.26. The number of nitrogens with one attached hydrogen (secondary N) is 1. The van der Waals surface area contributed by atoms with Gasteiger partial charge in [-0.15, -0.1) is 0 Å². The van der Waals surface area contributed by atoms with E-state index in [1.807, 2.05) is 39.1 Å². The third-order valence-electron chi connectivity index (χ3n) is 6.88. The maximum absolute atomic E-state index is 13.3. The normalized spacial score (nSPS) is 20.7. The first-order valence-corrected chi connectivity index (χ1v) is 11.2. The van der Waals surface area contributed by atoms with Crippen LogP contribution in [0.5, 0.6) is 0 Å². The minimum atomic E-state index is -0.981. The third kappa shape index (κ3) is 3.42. The number of aromatic carboxylic acids is 1. The van der Waals surface area contributed by atoms with Crippen molar-refractivity contribution in [3.63, 3.8) is 0 Å². The smallest absolute Gasteiger partial charge is 0.337 e. The zero-order valence-electron chi connectivity index (χ0n) is 18.6. The summed E-state index contributed by atoms with van der Waals surface area (Å²) in [5, 5.41) is 12.9. The highest BCUT2D eigenvalue weighted by Crippen LogP contribution is 2.41. The van der Waals surface area contributed by atoms with Crippen molar-refractivity contribution in [2.24, 2.45) is 11.8 Å². The fraction of sp³-hybridized carbons (Fsp3) is 0.400. The highest BCUT2D eigenvalue weighted by Gasteiger charge is 2.38. The molecule has 1 saturated carbocycles. The molecule has 3 fully saturated rings. The molecule has 2 N–H and O–H groups in total. The summed E-state index contributed by atoms with van der Waals surface area (Å²) >= 11 is 0. The molecule has 2 saturated heterocycles. The topological polar surface area (TPSA) is 86.9 Å². The largest absolute Gasteiger partial charge is 0.478 e. The van der Waals surface area contributed by atoms with Crippen LogP contribution in [-0.4, -0.2) is 33.6 Å². The van der Waals surface area contributed by atoms with Crippen LogP contribution in [0.3, 0.4) is 0 Å². The minimum absolute atomic E-state index is 0.0488. The molecule has 7 nitrogen and oxygen atoms in total. The van der Waals surface area contributed by atoms with Crippen LogP contribution in [0.2, 0.25) is 0 Å². The summed E-state index contributed by atoms with van der Waals surface area (Å²) in [6, 6.07) is 8.63. The quantitative estimate of drug-likeness (QED) is 0.633. The lowest BCUT2D eigenvalue weighted by molar-refractivity contribution is 0.0698. The van der Waals surface area contributed by atoms with E-state index in [-0.39, 0.29) is 17.2 Å². The molecule has 2 bridgehead atoms. The lowest BCUT2D eigenvalue weighted by Gasteiger charge is -2.47. The number of hydrogen-bond acceptors (Lipinski definition) is 5. The summed E-state index contributed by atoms with van der Waals surface area (Å²) in [6.07, 6.45) is 4.41. The van der Waals surface area contributed by atoms with Crippen LogP contribution in [0.1, 0.15) is 52.9 Å². The number of nitrogens with zero attached hydrogens (tertiary/aromatic N) is 3. The number of fused-ring (bicyclic) bond motifs is 3. The van der Waals surface area contributed by atoms with Crippen LogP contribution in [0.4, 0.5) is 11.5 Å². The molecule has 32 heavy (non-hydrogen) atoms. The van der Waals surface area contributed by atoms with E-state index in [0.717, 1.165) is 30.0 Å². The second-order valence-corrected chi connectivity index (χ2v) is 9.36. The van der Waals surface area contributed by atoms with Crippen LogP contribution in [0, 0.1) is 25.7 Å². The Hall–Kier alpha value is -3.35. The molecule has 0 radical (unpaired) electrons. The van der Waals surface area contributed by atoms with E-state index >= 15 is 0 Å². The van der Waals surface area contributed by atoms with Gasteiger partial charge in [0.15, 0.2) is 0 Å². The second kappa shape index (κ2) is 7.65. The molecule has 0 spiro atoms. The van der Waals surface area contributed by atoms with Crippen LogP contribution in [-0.2, 0) is 0 Å². The number of carboxylic acids is 1. The number of para-hydroxylation sites is 1. The Morgan fingerprint density at radius 1 is 1.19 bits per heavy atom. The lowest BCUT2D eigenvalue weighted by atomic mass is 9.71. The standard InChI is InChI=1S/C25H28N4O3/c1-14-8-20(16(3)26-21-7-5-4-6-19(21)25(31)32)23-27-22(15(2)24(30)29(23)11-14)28-12-17-9-18(10-17)13-28/h4-8,11,16-18,26H,9-10,12-13H2,1-3H3,(H,31,32)/t16-,17?,18?/m1/s1. The summed E-state index contributed by atoms with van der Waals surface area (Å²) < 4.78 is 1.63. The van der Waals surface area contributed by atoms with Gasteiger partial charge in [-0.3, -0.25) is 9.20 Å². The van der Waals surface area contributed by atoms with Crippen LogP contribution in [0.25, 0.3) is 5.65 Å². The van der Waals surface area contributed by atoms with E-state index in [1.165, 1.54) is 12.8 Å². The maximum atomic E-state index is 13.3. The Morgan fingerprint density at radius 3 is 2.56 bits per heavy atom. The molecule has 2 aliphatic heterocycles. The van der Waals surface area contributed by atoms with E-state index in [0.29, 0.717) is 28.7 Å². The summed E-state index contributed by atoms with van der Waals surface area (Å²) in [7, 11) is 0. The molecule has 3 aliphatic rings. The number of aromatic nitrogens is 2. The lowest BCUT2D eigenvalue weighted by Crippen LogP contribution is -2.49. The van der Waals surface area contributed by atoms with E-state index in [9.17, 15) is 14.7 Å². The van der Waals surface area contributed by atoms with Gasteiger partial charge < -0.3 is 15.3 Å². The monoisotopic (exact) mass is 432 g/mol. The van der Waals surface area contributed by atoms with Gasteiger partial charge in [0, 0.05) is 30.5 Å². The van der Waals surface area contributed by atoms with Crippen molar-refractivity contribution in [2.45, 2.75) is 39.7 Å². The Kier molecular flexibility index (Phi) is 4.92. The second-order valence-electron chi connectivity index (χ2n) is 9.36. The van der Waals surface area contributed by atoms with E-state index in [1.54, 1.807) is 22.6 Å². The number of pyridine rings is 1. The Morgan fingerprint density at radius 2 is 1.88 bits per heavy atom. The zero-order valence-corrected chi connectivity index (χ0v) is 18.6. The van der Waals surface area contributed by atoms with E-state index < -0.39 is 5.97 Å². The zero-order chi connectivity index (χ0) is 22.6. The van der Waals surface area contributed by atoms with Crippen molar-refractivity contribution in [2.75, 3.05) is 23.3 Å². The van der Waals surface area contributed by atoms with Crippen molar-refractivity contribution in [1.82, 2.24) is 9.38 Å². The van der Waals surface area contributed by atoms with Gasteiger partial charge in [0.2, 0.25) is 0 Å². The average Bonchev–Trinajstić information content (AvgIpc) is 2.75. The van der Waals surface area contributed by atoms with Crippen molar-refractivity contribution >= 4 is 23.1 Å². The Bertz CT molecular complexity index is 1270. The number of carbonyl (C=O) groups is 1. The molecule has 0 unspecified atom stereocenters. The van der Waals surface area contributed by atoms with Crippen molar-refractivity contribution < 1.29 is 9.90 Å². The SMILES string of the molecule is Cc1cc([C@@H](C)Nc2ccccc2C(=O)O)c2nc(N3CC4CC(C4)C3)c(C)c(=O)n2c1. The molecule has 1 atom stereocenters. The highest BCUT2D eigenvalue weighted by molar-refractivity contribution is 5.94. The van der Waals surface area contributed by atoms with Crippen molar-refractivity contribution in [1.29, 1.82) is 0 Å². The highest BCUT2D eigenvalue weighted by atomic mass is 16.4. The van der Waals surface area contributed by atoms with E-state index in [2.05, 4.69) is 10.2 Å². The number of piperidine rings is 2. The molecular weight excluding hydrogens is 404 g/mol. The number of benzene rings is 1. The molecule has 166 valence electrons. The van der Waals surface area contributed by atoms with Crippen LogP contribution >= 0.6 is 0 Å². The summed E-state index contributed by atoms with van der Waals surface area (Å²) in [4.78, 5) is 32.2. The molecule has 1 aromatic carbocycles. The molecule has 6 rings (SSSR count). The average molecular weight is 433 g/mol. The number of hydrogen-bond donors (Lipinski definition) is 2. The molecular formula is C25H28N4O3. The van der Waals surface area contributed by atoms with E-state index in [4.69, 9.17) is 4.98 Å². The number of rotatable bonds is 5. The summed E-state index contributed by atoms with van der Waals surface area (Å²) in [5.41, 5.74) is 3.81. The molecule has 3 aromatic rings. The summed E-state index contributed by atoms with van der Waals surface area (Å²) in [5.74, 6) is 1.22. The Labute approximate surface area is 186 Å². The van der Waals surface area contributed by atoms with Gasteiger partial charge in [0.05, 0.1) is 17.2 Å². The number of carboxylic acid groups (broad SMARTS) is 1. The van der Waals surface area contributed by atoms with Gasteiger partial charge in [-0.05, 0) is 69.2 Å². The van der Waals surface area contributed by atoms with Gasteiger partial charge >= 0.3 is 5.97 Å². The molecule has 7 heteroatoms. The van der Waals surface area contributed by atoms with Crippen LogP contribution < -0.4 is 15.8 Å². The Balaban J connectivity index is 1.60. The van der Waals surface area contributed by atoms with Gasteiger partial charge in [-0.2, -0.15) is 0 Å². The fourth-order valence-corrected chi connectivity index (χ4v) is 5.26. The predicted molar refractivity (Wildman–Crippen MR) is 125 cm³/mol. The summed E-state index contributed by atoms with van der Waals surface area (Å²) in [6.45, 7) is 7.70. The first kappa shape index (κ1) is 20.5. The first-order valence-electron chi connectivity index (χ1n) is 11.2. The predicted octanol–water partition coefficient (Wildman–Crippen LogP) is 4.03. The molecule has 4 heterocycles. The molecule has 0 amide bonds. The van der Waals surface area contributed by atoms with Gasteiger partial charge in [-0.25, -0.2) is 9.78 Å². The minimum Gasteiger partial charge on any atom is -0.478 e. The maximum Gasteiger partial charge on any atom is 0.337 e. The van der Waals surface area contributed by atoms with Crippen LogP contribution in [0.15, 0.2) is 41.3 Å². The molecule has 1 aliphatic carbocycles. The third-order valence-corrected chi connectivity index (χ3v) is 6.88. The molecule has 2 aromatic heterocycles. The van der Waals surface area contributed by atoms with Gasteiger partial charge in [0.1, 0.15) is 11.5 Å². The van der Waals surface area contributed by atoms with Crippen molar-refractivity contribution in [3.8, 4) is 0 Å². The van der Waals surface area contributed by atoms with Gasteiger partial charge in [-0.1, -0.05) is 12.1 Å². The number of aryl methyl sites for hydroxylation is 1. The first-order chi connectivity index (χ1) is 15.3. The number of anilines is 2. The van der Waals surface area contributed by atoms with Gasteiger partial charge in [0.25, 0.3) is 5.56 Å².